The van der Waals surface area contributed by atoms with Crippen LogP contribution in [0.2, 0.25) is 0 Å². The van der Waals surface area contributed by atoms with Crippen LogP contribution in [0.5, 0.6) is 5.88 Å². The fourth-order valence-electron chi connectivity index (χ4n) is 3.01. The van der Waals surface area contributed by atoms with Crippen molar-refractivity contribution in [1.82, 2.24) is 9.97 Å². The van der Waals surface area contributed by atoms with Gasteiger partial charge in [0.2, 0.25) is 5.88 Å². The third-order valence-corrected chi connectivity index (χ3v) is 4.43. The number of nitrogen functional groups attached to an aromatic ring is 1. The summed E-state index contributed by atoms with van der Waals surface area (Å²) in [5, 5.41) is 6.00. The molecule has 0 unspecified atom stereocenters. The van der Waals surface area contributed by atoms with Gasteiger partial charge in [0.1, 0.15) is 11.4 Å². The highest BCUT2D eigenvalue weighted by Gasteiger charge is 2.20. The first-order valence-electron chi connectivity index (χ1n) is 9.69. The van der Waals surface area contributed by atoms with Crippen LogP contribution < -0.4 is 21.1 Å². The second-order valence-corrected chi connectivity index (χ2v) is 6.60. The third-order valence-electron chi connectivity index (χ3n) is 4.43. The molecule has 2 heterocycles. The van der Waals surface area contributed by atoms with Crippen molar-refractivity contribution in [1.29, 1.82) is 0 Å². The van der Waals surface area contributed by atoms with E-state index in [1.165, 1.54) is 6.39 Å². The van der Waals surface area contributed by atoms with Gasteiger partial charge in [-0.15, -0.1) is 0 Å². The zero-order valence-corrected chi connectivity index (χ0v) is 16.8. The van der Waals surface area contributed by atoms with Gasteiger partial charge in [0.05, 0.1) is 18.5 Å². The van der Waals surface area contributed by atoms with E-state index in [2.05, 4.69) is 20.6 Å². The molecular weight excluding hydrogens is 394 g/mol. The van der Waals surface area contributed by atoms with Crippen molar-refractivity contribution in [2.75, 3.05) is 23.0 Å². The highest BCUT2D eigenvalue weighted by Crippen LogP contribution is 2.29. The standard InChI is InChI=1S/C23H21N5O3/c1-2-30-23-21(22(29)27-16-6-4-3-5-7-16)18(24)12-20(28-23)26-17-10-8-15(9-11-17)19-13-25-14-31-19/h3-14H,2H2,1H3,(H,27,29)(H3,24,26,28). The van der Waals surface area contributed by atoms with E-state index >= 15 is 0 Å². The highest BCUT2D eigenvalue weighted by atomic mass is 16.5. The average molecular weight is 415 g/mol. The van der Waals surface area contributed by atoms with Crippen molar-refractivity contribution in [3.63, 3.8) is 0 Å². The SMILES string of the molecule is CCOc1nc(Nc2ccc(-c3cnco3)cc2)cc(N)c1C(=O)Nc1ccccc1. The Morgan fingerprint density at radius 1 is 1.10 bits per heavy atom. The Kier molecular flexibility index (Phi) is 5.79. The molecule has 0 radical (unpaired) electrons. The van der Waals surface area contributed by atoms with Gasteiger partial charge in [-0.3, -0.25) is 4.79 Å². The van der Waals surface area contributed by atoms with E-state index in [0.717, 1.165) is 11.3 Å². The number of aromatic nitrogens is 2. The molecule has 0 aliphatic rings. The van der Waals surface area contributed by atoms with Gasteiger partial charge < -0.3 is 25.5 Å². The van der Waals surface area contributed by atoms with Crippen LogP contribution >= 0.6 is 0 Å². The summed E-state index contributed by atoms with van der Waals surface area (Å²) in [7, 11) is 0. The van der Waals surface area contributed by atoms with Gasteiger partial charge in [0.25, 0.3) is 5.91 Å². The van der Waals surface area contributed by atoms with Crippen molar-refractivity contribution < 1.29 is 13.9 Å². The van der Waals surface area contributed by atoms with Gasteiger partial charge in [-0.05, 0) is 43.3 Å². The fraction of sp³-hybridized carbons (Fsp3) is 0.0870. The molecule has 0 bridgehead atoms. The number of nitrogens with zero attached hydrogens (tertiary/aromatic N) is 2. The van der Waals surface area contributed by atoms with Gasteiger partial charge in [-0.2, -0.15) is 4.98 Å². The molecule has 4 N–H and O–H groups in total. The largest absolute Gasteiger partial charge is 0.477 e. The quantitative estimate of drug-likeness (QED) is 0.400. The van der Waals surface area contributed by atoms with Crippen molar-refractivity contribution in [3.8, 4) is 17.2 Å². The number of benzene rings is 2. The summed E-state index contributed by atoms with van der Waals surface area (Å²) in [5.74, 6) is 0.922. The van der Waals surface area contributed by atoms with Crippen LogP contribution in [0.25, 0.3) is 11.3 Å². The lowest BCUT2D eigenvalue weighted by atomic mass is 10.1. The molecule has 8 heteroatoms. The fourth-order valence-corrected chi connectivity index (χ4v) is 3.01. The first kappa shape index (κ1) is 20.0. The summed E-state index contributed by atoms with van der Waals surface area (Å²) in [4.78, 5) is 21.2. The van der Waals surface area contributed by atoms with Crippen LogP contribution in [-0.2, 0) is 0 Å². The Balaban J connectivity index is 1.57. The van der Waals surface area contributed by atoms with Gasteiger partial charge >= 0.3 is 0 Å². The summed E-state index contributed by atoms with van der Waals surface area (Å²) in [6, 6.07) is 18.3. The summed E-state index contributed by atoms with van der Waals surface area (Å²) >= 11 is 0. The molecule has 1 amide bonds. The number of nitrogens with two attached hydrogens (primary N) is 1. The second-order valence-electron chi connectivity index (χ2n) is 6.60. The predicted octanol–water partition coefficient (Wildman–Crippen LogP) is 4.71. The lowest BCUT2D eigenvalue weighted by Crippen LogP contribution is -2.17. The normalized spacial score (nSPS) is 10.5. The Bertz CT molecular complexity index is 1160. The van der Waals surface area contributed by atoms with Crippen LogP contribution in [0.4, 0.5) is 22.9 Å². The second kappa shape index (κ2) is 9.00. The molecule has 4 rings (SSSR count). The van der Waals surface area contributed by atoms with E-state index < -0.39 is 0 Å². The molecule has 2 aromatic carbocycles. The van der Waals surface area contributed by atoms with Crippen molar-refractivity contribution in [3.05, 3.63) is 78.8 Å². The van der Waals surface area contributed by atoms with Crippen LogP contribution in [0.3, 0.4) is 0 Å². The predicted molar refractivity (Wildman–Crippen MR) is 119 cm³/mol. The maximum Gasteiger partial charge on any atom is 0.263 e. The number of hydrogen-bond donors (Lipinski definition) is 3. The molecule has 0 atom stereocenters. The van der Waals surface area contributed by atoms with Gasteiger partial charge in [0, 0.05) is 23.0 Å². The number of amides is 1. The number of para-hydroxylation sites is 1. The number of oxazole rings is 1. The Labute approximate surface area is 179 Å². The van der Waals surface area contributed by atoms with Crippen LogP contribution in [0.1, 0.15) is 17.3 Å². The number of hydrogen-bond acceptors (Lipinski definition) is 7. The Morgan fingerprint density at radius 2 is 1.87 bits per heavy atom. The zero-order chi connectivity index (χ0) is 21.6. The first-order chi connectivity index (χ1) is 15.1. The maximum absolute atomic E-state index is 12.8. The average Bonchev–Trinajstić information content (AvgIpc) is 3.30. The molecule has 31 heavy (non-hydrogen) atoms. The van der Waals surface area contributed by atoms with E-state index in [4.69, 9.17) is 14.9 Å². The van der Waals surface area contributed by atoms with Crippen LogP contribution in [0.15, 0.2) is 77.7 Å². The molecule has 0 spiro atoms. The van der Waals surface area contributed by atoms with Crippen LogP contribution in [-0.4, -0.2) is 22.5 Å². The Morgan fingerprint density at radius 3 is 2.55 bits per heavy atom. The molecular formula is C23H21N5O3. The van der Waals surface area contributed by atoms with Crippen molar-refractivity contribution >= 4 is 28.8 Å². The zero-order valence-electron chi connectivity index (χ0n) is 16.8. The van der Waals surface area contributed by atoms with E-state index in [1.54, 1.807) is 24.4 Å². The van der Waals surface area contributed by atoms with E-state index in [1.807, 2.05) is 49.4 Å². The first-order valence-corrected chi connectivity index (χ1v) is 9.69. The number of rotatable bonds is 7. The van der Waals surface area contributed by atoms with Crippen molar-refractivity contribution in [2.24, 2.45) is 0 Å². The summed E-state index contributed by atoms with van der Waals surface area (Å²) in [6.45, 7) is 2.16. The van der Waals surface area contributed by atoms with E-state index in [0.29, 0.717) is 23.9 Å². The molecule has 2 aromatic heterocycles. The molecule has 4 aromatic rings. The summed E-state index contributed by atoms with van der Waals surface area (Å²) < 4.78 is 10.9. The minimum absolute atomic E-state index is 0.164. The van der Waals surface area contributed by atoms with E-state index in [9.17, 15) is 4.79 Å². The molecule has 0 fully saturated rings. The maximum atomic E-state index is 12.8. The lowest BCUT2D eigenvalue weighted by molar-refractivity contribution is 0.102. The van der Waals surface area contributed by atoms with Crippen molar-refractivity contribution in [2.45, 2.75) is 6.92 Å². The molecule has 156 valence electrons. The third kappa shape index (κ3) is 4.64. The molecule has 0 saturated heterocycles. The minimum Gasteiger partial charge on any atom is -0.477 e. The molecule has 0 aliphatic heterocycles. The topological polar surface area (TPSA) is 115 Å². The summed E-state index contributed by atoms with van der Waals surface area (Å²) in [5.41, 5.74) is 9.01. The lowest BCUT2D eigenvalue weighted by Gasteiger charge is -2.15. The monoisotopic (exact) mass is 415 g/mol. The van der Waals surface area contributed by atoms with Gasteiger partial charge in [-0.1, -0.05) is 18.2 Å². The molecule has 0 aliphatic carbocycles. The number of pyridine rings is 1. The van der Waals surface area contributed by atoms with Gasteiger partial charge in [-0.25, -0.2) is 4.98 Å². The summed E-state index contributed by atoms with van der Waals surface area (Å²) in [6.07, 6.45) is 3.04. The minimum atomic E-state index is -0.386. The Hall–Kier alpha value is -4.33. The number of ether oxygens (including phenoxy) is 1. The molecule has 0 saturated carbocycles. The highest BCUT2D eigenvalue weighted by molar-refractivity contribution is 6.09. The number of carbonyl (C=O) groups is 1. The number of anilines is 4. The number of carbonyl (C=O) groups excluding carboxylic acids is 1. The van der Waals surface area contributed by atoms with Crippen LogP contribution in [0, 0.1) is 0 Å². The molecule has 8 nitrogen and oxygen atoms in total. The number of nitrogens with one attached hydrogen (secondary N) is 2. The smallest absolute Gasteiger partial charge is 0.263 e. The van der Waals surface area contributed by atoms with E-state index in [-0.39, 0.29) is 23.0 Å². The van der Waals surface area contributed by atoms with Gasteiger partial charge in [0.15, 0.2) is 12.2 Å².